The number of hydrogen-bond acceptors (Lipinski definition) is 7. The van der Waals surface area contributed by atoms with Crippen LogP contribution in [0.15, 0.2) is 60.7 Å². The zero-order valence-electron chi connectivity index (χ0n) is 20.1. The highest BCUT2D eigenvalue weighted by atomic mass is 16.6. The van der Waals surface area contributed by atoms with Gasteiger partial charge in [0.05, 0.1) is 24.0 Å². The number of ether oxygens (including phenoxy) is 1. The molecule has 0 fully saturated rings. The van der Waals surface area contributed by atoms with Crippen LogP contribution in [0.25, 0.3) is 10.8 Å². The maximum Gasteiger partial charge on any atom is 0.318 e. The van der Waals surface area contributed by atoms with E-state index in [-0.39, 0.29) is 24.4 Å². The van der Waals surface area contributed by atoms with Gasteiger partial charge in [-0.1, -0.05) is 36.4 Å². The van der Waals surface area contributed by atoms with Crippen molar-refractivity contribution < 1.29 is 24.0 Å². The van der Waals surface area contributed by atoms with Gasteiger partial charge in [-0.25, -0.2) is 4.79 Å². The number of hydrogen-bond donors (Lipinski definition) is 4. The van der Waals surface area contributed by atoms with Gasteiger partial charge in [0.1, 0.15) is 5.75 Å². The Kier molecular flexibility index (Phi) is 9.50. The molecule has 0 saturated heterocycles. The van der Waals surface area contributed by atoms with Crippen molar-refractivity contribution in [3.8, 4) is 5.75 Å². The molecular weight excluding hydrogens is 478 g/mol. The van der Waals surface area contributed by atoms with Gasteiger partial charge < -0.3 is 21.5 Å². The number of nitro groups is 1. The van der Waals surface area contributed by atoms with Gasteiger partial charge >= 0.3 is 6.03 Å². The molecule has 6 N–H and O–H groups in total. The molecule has 0 radical (unpaired) electrons. The predicted octanol–water partition coefficient (Wildman–Crippen LogP) is 2.33. The SMILES string of the molecule is NC(=O)NC(=O)Cc1cc2ccccc2cc1OCCCCNC(=O)[C@@H](N)Cc1ccc([N+](=O)[O-])cc1. The number of benzene rings is 3. The number of nitrogens with two attached hydrogens (primary N) is 2. The fourth-order valence-electron chi connectivity index (χ4n) is 3.75. The van der Waals surface area contributed by atoms with Crippen molar-refractivity contribution in [3.05, 3.63) is 81.9 Å². The average Bonchev–Trinajstić information content (AvgIpc) is 2.85. The molecule has 0 unspecified atom stereocenters. The summed E-state index contributed by atoms with van der Waals surface area (Å²) in [5.74, 6) is -0.301. The normalized spacial score (nSPS) is 11.5. The average molecular weight is 508 g/mol. The lowest BCUT2D eigenvalue weighted by molar-refractivity contribution is -0.384. The molecule has 0 aliphatic carbocycles. The number of urea groups is 1. The number of primary amides is 1. The van der Waals surface area contributed by atoms with Crippen LogP contribution in [0.5, 0.6) is 5.75 Å². The maximum atomic E-state index is 12.3. The number of nitrogens with zero attached hydrogens (tertiary/aromatic N) is 1. The third-order valence-corrected chi connectivity index (χ3v) is 5.61. The summed E-state index contributed by atoms with van der Waals surface area (Å²) in [6.45, 7) is 0.759. The smallest absolute Gasteiger partial charge is 0.318 e. The minimum atomic E-state index is -0.914. The number of fused-ring (bicyclic) bond motifs is 1. The number of imide groups is 1. The number of amides is 4. The van der Waals surface area contributed by atoms with Crippen LogP contribution in [0.1, 0.15) is 24.0 Å². The van der Waals surface area contributed by atoms with E-state index in [1.807, 2.05) is 36.4 Å². The highest BCUT2D eigenvalue weighted by Crippen LogP contribution is 2.27. The number of non-ortho nitro benzene ring substituents is 1. The van der Waals surface area contributed by atoms with Crippen LogP contribution in [0.4, 0.5) is 10.5 Å². The van der Waals surface area contributed by atoms with Crippen molar-refractivity contribution in [3.63, 3.8) is 0 Å². The van der Waals surface area contributed by atoms with Crippen LogP contribution < -0.4 is 26.8 Å². The monoisotopic (exact) mass is 507 g/mol. The van der Waals surface area contributed by atoms with Gasteiger partial charge in [0.2, 0.25) is 11.8 Å². The second-order valence-electron chi connectivity index (χ2n) is 8.48. The van der Waals surface area contributed by atoms with Crippen molar-refractivity contribution in [1.29, 1.82) is 0 Å². The van der Waals surface area contributed by atoms with Crippen LogP contribution in [-0.4, -0.2) is 42.0 Å². The molecule has 1 atom stereocenters. The first-order chi connectivity index (χ1) is 17.7. The Morgan fingerprint density at radius 1 is 1.00 bits per heavy atom. The third-order valence-electron chi connectivity index (χ3n) is 5.61. The zero-order valence-corrected chi connectivity index (χ0v) is 20.1. The Bertz CT molecular complexity index is 1280. The lowest BCUT2D eigenvalue weighted by Crippen LogP contribution is -2.42. The number of rotatable bonds is 12. The number of nitro benzene ring substituents is 1. The number of nitrogens with one attached hydrogen (secondary N) is 2. The highest BCUT2D eigenvalue weighted by Gasteiger charge is 2.15. The molecule has 37 heavy (non-hydrogen) atoms. The number of unbranched alkanes of at least 4 members (excludes halogenated alkanes) is 1. The van der Waals surface area contributed by atoms with E-state index in [0.29, 0.717) is 37.3 Å². The molecule has 0 aromatic heterocycles. The van der Waals surface area contributed by atoms with Crippen molar-refractivity contribution >= 4 is 34.3 Å². The minimum absolute atomic E-state index is 0.0197. The van der Waals surface area contributed by atoms with Crippen molar-refractivity contribution in [2.24, 2.45) is 11.5 Å². The molecule has 3 aromatic carbocycles. The lowest BCUT2D eigenvalue weighted by atomic mass is 10.0. The van der Waals surface area contributed by atoms with Gasteiger partial charge in [-0.2, -0.15) is 0 Å². The summed E-state index contributed by atoms with van der Waals surface area (Å²) in [6, 6.07) is 15.6. The standard InChI is InChI=1S/C26H29N5O6/c27-22(13-17-7-9-21(10-8-17)31(35)36)25(33)29-11-3-4-12-37-23-15-19-6-2-1-5-18(19)14-20(23)16-24(32)30-26(28)34/h1-2,5-10,14-15,22H,3-4,11-13,16,27H2,(H,29,33)(H3,28,30,32,34)/t22-/m0/s1. The van der Waals surface area contributed by atoms with Gasteiger partial charge in [0.15, 0.2) is 0 Å². The Morgan fingerprint density at radius 2 is 1.68 bits per heavy atom. The van der Waals surface area contributed by atoms with Gasteiger partial charge in [0.25, 0.3) is 5.69 Å². The molecule has 0 aliphatic heterocycles. The van der Waals surface area contributed by atoms with E-state index < -0.39 is 22.9 Å². The molecule has 0 heterocycles. The number of carbonyl (C=O) groups is 3. The highest BCUT2D eigenvalue weighted by molar-refractivity contribution is 5.95. The van der Waals surface area contributed by atoms with E-state index in [1.165, 1.54) is 12.1 Å². The van der Waals surface area contributed by atoms with Gasteiger partial charge in [-0.3, -0.25) is 25.0 Å². The Labute approximate surface area is 213 Å². The number of carbonyl (C=O) groups excluding carboxylic acids is 3. The Balaban J connectivity index is 1.46. The predicted molar refractivity (Wildman–Crippen MR) is 138 cm³/mol. The second kappa shape index (κ2) is 13.0. The first-order valence-corrected chi connectivity index (χ1v) is 11.7. The Morgan fingerprint density at radius 3 is 2.32 bits per heavy atom. The van der Waals surface area contributed by atoms with Crippen LogP contribution in [0.3, 0.4) is 0 Å². The molecule has 0 aliphatic rings. The fraction of sp³-hybridized carbons (Fsp3) is 0.269. The van der Waals surface area contributed by atoms with Crippen LogP contribution in [0, 0.1) is 10.1 Å². The summed E-state index contributed by atoms with van der Waals surface area (Å²) >= 11 is 0. The fourth-order valence-corrected chi connectivity index (χ4v) is 3.75. The van der Waals surface area contributed by atoms with E-state index in [0.717, 1.165) is 16.3 Å². The lowest BCUT2D eigenvalue weighted by Gasteiger charge is -2.14. The summed E-state index contributed by atoms with van der Waals surface area (Å²) in [7, 11) is 0. The van der Waals surface area contributed by atoms with Crippen LogP contribution in [-0.2, 0) is 22.4 Å². The second-order valence-corrected chi connectivity index (χ2v) is 8.48. The molecule has 4 amide bonds. The van der Waals surface area contributed by atoms with E-state index in [4.69, 9.17) is 16.2 Å². The van der Waals surface area contributed by atoms with E-state index in [2.05, 4.69) is 10.6 Å². The molecule has 3 aromatic rings. The maximum absolute atomic E-state index is 12.3. The topological polar surface area (TPSA) is 180 Å². The zero-order chi connectivity index (χ0) is 26.8. The van der Waals surface area contributed by atoms with E-state index in [9.17, 15) is 24.5 Å². The molecule has 3 rings (SSSR count). The largest absolute Gasteiger partial charge is 0.493 e. The van der Waals surface area contributed by atoms with Crippen molar-refractivity contribution in [1.82, 2.24) is 10.6 Å². The van der Waals surface area contributed by atoms with E-state index >= 15 is 0 Å². The summed E-state index contributed by atoms with van der Waals surface area (Å²) in [5, 5.41) is 17.5. The van der Waals surface area contributed by atoms with Gasteiger partial charge in [-0.05, 0) is 47.7 Å². The summed E-state index contributed by atoms with van der Waals surface area (Å²) in [4.78, 5) is 45.6. The quantitative estimate of drug-likeness (QED) is 0.165. The van der Waals surface area contributed by atoms with Gasteiger partial charge in [-0.15, -0.1) is 0 Å². The van der Waals surface area contributed by atoms with Crippen LogP contribution in [0.2, 0.25) is 0 Å². The summed E-state index contributed by atoms with van der Waals surface area (Å²) in [5.41, 5.74) is 12.3. The molecule has 0 spiro atoms. The first-order valence-electron chi connectivity index (χ1n) is 11.7. The molecular formula is C26H29N5O6. The third kappa shape index (κ3) is 8.29. The molecule has 11 nitrogen and oxygen atoms in total. The summed E-state index contributed by atoms with van der Waals surface area (Å²) < 4.78 is 5.93. The van der Waals surface area contributed by atoms with Gasteiger partial charge in [0, 0.05) is 24.2 Å². The van der Waals surface area contributed by atoms with Crippen molar-refractivity contribution in [2.75, 3.05) is 13.2 Å². The molecule has 11 heteroatoms. The first kappa shape index (κ1) is 27.1. The molecule has 0 saturated carbocycles. The van der Waals surface area contributed by atoms with Crippen molar-refractivity contribution in [2.45, 2.75) is 31.7 Å². The van der Waals surface area contributed by atoms with E-state index in [1.54, 1.807) is 12.1 Å². The minimum Gasteiger partial charge on any atom is -0.493 e. The summed E-state index contributed by atoms with van der Waals surface area (Å²) in [6.07, 6.45) is 1.48. The Hall–Kier alpha value is -4.51. The molecule has 194 valence electrons. The van der Waals surface area contributed by atoms with Crippen LogP contribution >= 0.6 is 0 Å². The molecule has 0 bridgehead atoms.